The molecule has 5 aromatic rings. The van der Waals surface area contributed by atoms with Crippen LogP contribution in [-0.4, -0.2) is 15.6 Å². The van der Waals surface area contributed by atoms with E-state index in [2.05, 4.69) is 95.1 Å². The predicted octanol–water partition coefficient (Wildman–Crippen LogP) is 6.29. The fourth-order valence-corrected chi connectivity index (χ4v) is 4.75. The van der Waals surface area contributed by atoms with Gasteiger partial charge < -0.3 is 9.67 Å². The first kappa shape index (κ1) is 21.0. The summed E-state index contributed by atoms with van der Waals surface area (Å²) in [5, 5.41) is 12.7. The second-order valence-electron chi connectivity index (χ2n) is 8.35. The van der Waals surface area contributed by atoms with Gasteiger partial charge in [-0.3, -0.25) is 4.79 Å². The van der Waals surface area contributed by atoms with Crippen LogP contribution in [0.3, 0.4) is 0 Å². The molecule has 0 unspecified atom stereocenters. The molecule has 4 heteroatoms. The van der Waals surface area contributed by atoms with Crippen LogP contribution in [0.1, 0.15) is 30.9 Å². The topological polar surface area (TPSA) is 46.1 Å². The van der Waals surface area contributed by atoms with E-state index < -0.39 is 5.97 Å². The number of carboxylic acids is 1. The molecule has 33 heavy (non-hydrogen) atoms. The Morgan fingerprint density at radius 1 is 0.909 bits per heavy atom. The number of carboxylic acid groups (broad SMARTS) is 1. The predicted molar refractivity (Wildman–Crippen MR) is 135 cm³/mol. The molecule has 0 saturated heterocycles. The van der Waals surface area contributed by atoms with Crippen molar-refractivity contribution in [3.8, 4) is 0 Å². The molecule has 0 atom stereocenters. The molecule has 0 saturated carbocycles. The van der Waals surface area contributed by atoms with Crippen molar-refractivity contribution >= 4 is 50.8 Å². The molecule has 0 aliphatic heterocycles. The van der Waals surface area contributed by atoms with Crippen LogP contribution in [0.15, 0.2) is 79.0 Å². The monoisotopic (exact) mass is 435 g/mol. The molecule has 5 rings (SSSR count). The van der Waals surface area contributed by atoms with E-state index in [1.807, 2.05) is 12.1 Å². The van der Waals surface area contributed by atoms with E-state index in [1.165, 1.54) is 27.4 Å². The van der Waals surface area contributed by atoms with E-state index >= 15 is 0 Å². The van der Waals surface area contributed by atoms with Crippen LogP contribution in [0, 0.1) is 0 Å². The Morgan fingerprint density at radius 3 is 2.48 bits per heavy atom. The summed E-state index contributed by atoms with van der Waals surface area (Å²) in [6, 6.07) is 25.7. The number of para-hydroxylation sites is 2. The SMILES string of the molecule is CCn1c2ccccc2c2cc(C=Cc3cc[n+](CCCC(=O)O)c4ccccc34)ccc21. The lowest BCUT2D eigenvalue weighted by atomic mass is 10.1. The van der Waals surface area contributed by atoms with Crippen molar-refractivity contribution in [1.82, 2.24) is 4.57 Å². The average Bonchev–Trinajstić information content (AvgIpc) is 3.16. The molecule has 2 heterocycles. The Hall–Kier alpha value is -3.92. The third kappa shape index (κ3) is 4.00. The van der Waals surface area contributed by atoms with Gasteiger partial charge in [0.25, 0.3) is 0 Å². The van der Waals surface area contributed by atoms with Crippen molar-refractivity contribution in [3.63, 3.8) is 0 Å². The van der Waals surface area contributed by atoms with E-state index in [0.717, 1.165) is 23.0 Å². The average molecular weight is 436 g/mol. The molecule has 0 spiro atoms. The molecular formula is C29H27N2O2+. The fourth-order valence-electron chi connectivity index (χ4n) is 4.75. The molecule has 1 N–H and O–H groups in total. The Bertz CT molecular complexity index is 1510. The summed E-state index contributed by atoms with van der Waals surface area (Å²) in [6.45, 7) is 3.82. The lowest BCUT2D eigenvalue weighted by Gasteiger charge is -2.04. The first-order valence-corrected chi connectivity index (χ1v) is 11.5. The maximum Gasteiger partial charge on any atom is 0.303 e. The van der Waals surface area contributed by atoms with Gasteiger partial charge in [-0.15, -0.1) is 0 Å². The Morgan fingerprint density at radius 2 is 1.67 bits per heavy atom. The minimum absolute atomic E-state index is 0.180. The number of carbonyl (C=O) groups is 1. The first-order valence-electron chi connectivity index (χ1n) is 11.5. The smallest absolute Gasteiger partial charge is 0.303 e. The van der Waals surface area contributed by atoms with E-state index in [0.29, 0.717) is 13.0 Å². The van der Waals surface area contributed by atoms with Gasteiger partial charge in [0.05, 0.1) is 11.8 Å². The van der Waals surface area contributed by atoms with Crippen LogP contribution in [0.25, 0.3) is 44.9 Å². The Labute approximate surface area is 193 Å². The molecule has 0 bridgehead atoms. The van der Waals surface area contributed by atoms with Crippen molar-refractivity contribution in [2.24, 2.45) is 0 Å². The standard InChI is InChI=1S/C29H26N2O2/c1-2-31-27-11-6-4-9-24(27)25-20-21(14-16-28(25)31)13-15-22-17-19-30(18-7-12-29(32)33)26-10-5-3-8-23(22)26/h3-6,8-11,13-17,19-20H,2,7,12,18H2,1H3/p+1. The van der Waals surface area contributed by atoms with Crippen LogP contribution >= 0.6 is 0 Å². The number of rotatable bonds is 7. The highest BCUT2D eigenvalue weighted by atomic mass is 16.4. The number of aryl methyl sites for hydroxylation is 2. The summed E-state index contributed by atoms with van der Waals surface area (Å²) in [5.74, 6) is -0.751. The van der Waals surface area contributed by atoms with Crippen LogP contribution in [0.5, 0.6) is 0 Å². The highest BCUT2D eigenvalue weighted by Gasteiger charge is 2.12. The lowest BCUT2D eigenvalue weighted by Crippen LogP contribution is -2.34. The maximum atomic E-state index is 10.9. The zero-order valence-electron chi connectivity index (χ0n) is 18.7. The zero-order valence-corrected chi connectivity index (χ0v) is 18.7. The van der Waals surface area contributed by atoms with Gasteiger partial charge in [0.2, 0.25) is 5.52 Å². The lowest BCUT2D eigenvalue weighted by molar-refractivity contribution is -0.671. The Kier molecular flexibility index (Phi) is 5.66. The molecular weight excluding hydrogens is 408 g/mol. The second-order valence-corrected chi connectivity index (χ2v) is 8.35. The molecule has 0 amide bonds. The molecule has 0 fully saturated rings. The van der Waals surface area contributed by atoms with E-state index in [4.69, 9.17) is 5.11 Å². The third-order valence-electron chi connectivity index (χ3n) is 6.32. The number of aromatic nitrogens is 2. The van der Waals surface area contributed by atoms with Gasteiger partial charge in [0.1, 0.15) is 6.54 Å². The number of aliphatic carboxylic acids is 1. The van der Waals surface area contributed by atoms with Gasteiger partial charge in [-0.2, -0.15) is 4.57 Å². The summed E-state index contributed by atoms with van der Waals surface area (Å²) < 4.78 is 4.51. The van der Waals surface area contributed by atoms with Crippen LogP contribution in [0.4, 0.5) is 0 Å². The van der Waals surface area contributed by atoms with Gasteiger partial charge in [-0.1, -0.05) is 48.6 Å². The number of pyridine rings is 1. The van der Waals surface area contributed by atoms with E-state index in [1.54, 1.807) is 0 Å². The summed E-state index contributed by atoms with van der Waals surface area (Å²) in [4.78, 5) is 10.9. The highest BCUT2D eigenvalue weighted by Crippen LogP contribution is 2.30. The van der Waals surface area contributed by atoms with Crippen molar-refractivity contribution in [1.29, 1.82) is 0 Å². The molecule has 164 valence electrons. The Balaban J connectivity index is 1.51. The first-order chi connectivity index (χ1) is 16.2. The molecule has 4 nitrogen and oxygen atoms in total. The molecule has 0 aliphatic rings. The summed E-state index contributed by atoms with van der Waals surface area (Å²) >= 11 is 0. The summed E-state index contributed by atoms with van der Waals surface area (Å²) in [6.07, 6.45) is 7.20. The van der Waals surface area contributed by atoms with Gasteiger partial charge in [0.15, 0.2) is 6.20 Å². The minimum atomic E-state index is -0.751. The number of fused-ring (bicyclic) bond motifs is 4. The van der Waals surface area contributed by atoms with E-state index in [-0.39, 0.29) is 6.42 Å². The van der Waals surface area contributed by atoms with Crippen LogP contribution in [0.2, 0.25) is 0 Å². The van der Waals surface area contributed by atoms with Crippen LogP contribution in [-0.2, 0) is 17.9 Å². The molecule has 0 aliphatic carbocycles. The number of nitrogens with zero attached hydrogens (tertiary/aromatic N) is 2. The quantitative estimate of drug-likeness (QED) is 0.305. The largest absolute Gasteiger partial charge is 0.481 e. The van der Waals surface area contributed by atoms with Crippen LogP contribution < -0.4 is 4.57 Å². The minimum Gasteiger partial charge on any atom is -0.481 e. The number of benzene rings is 3. The van der Waals surface area contributed by atoms with Crippen molar-refractivity contribution in [2.75, 3.05) is 0 Å². The highest BCUT2D eigenvalue weighted by molar-refractivity contribution is 6.08. The number of hydrogen-bond donors (Lipinski definition) is 1. The molecule has 3 aromatic carbocycles. The van der Waals surface area contributed by atoms with Gasteiger partial charge in [0, 0.05) is 46.9 Å². The summed E-state index contributed by atoms with van der Waals surface area (Å²) in [5.41, 5.74) is 5.98. The van der Waals surface area contributed by atoms with Gasteiger partial charge in [-0.25, -0.2) is 0 Å². The normalized spacial score (nSPS) is 11.8. The number of hydrogen-bond acceptors (Lipinski definition) is 1. The van der Waals surface area contributed by atoms with E-state index in [9.17, 15) is 4.79 Å². The van der Waals surface area contributed by atoms with Crippen molar-refractivity contribution < 1.29 is 14.5 Å². The fraction of sp³-hybridized carbons (Fsp3) is 0.172. The molecule has 0 radical (unpaired) electrons. The van der Waals surface area contributed by atoms with Gasteiger partial charge in [-0.05, 0) is 42.3 Å². The second kappa shape index (κ2) is 8.91. The van der Waals surface area contributed by atoms with Crippen molar-refractivity contribution in [3.05, 3.63) is 90.1 Å². The zero-order chi connectivity index (χ0) is 22.8. The summed E-state index contributed by atoms with van der Waals surface area (Å²) in [7, 11) is 0. The van der Waals surface area contributed by atoms with Gasteiger partial charge >= 0.3 is 5.97 Å². The maximum absolute atomic E-state index is 10.9. The molecule has 2 aromatic heterocycles. The third-order valence-corrected chi connectivity index (χ3v) is 6.32. The van der Waals surface area contributed by atoms with Crippen molar-refractivity contribution in [2.45, 2.75) is 32.9 Å².